The second-order valence-corrected chi connectivity index (χ2v) is 2.74. The first-order chi connectivity index (χ1) is 5.77. The summed E-state index contributed by atoms with van der Waals surface area (Å²) in [5, 5.41) is 11.6. The highest BCUT2D eigenvalue weighted by molar-refractivity contribution is 5.01. The molecule has 2 heteroatoms. The van der Waals surface area contributed by atoms with Gasteiger partial charge >= 0.3 is 0 Å². The highest BCUT2D eigenvalue weighted by atomic mass is 16.2. The molecule has 0 bridgehead atoms. The molecular formula is C10H17NO. The lowest BCUT2D eigenvalue weighted by Crippen LogP contribution is -2.13. The van der Waals surface area contributed by atoms with Gasteiger partial charge in [-0.2, -0.15) is 0 Å². The largest absolute Gasteiger partial charge is 0.395 e. The maximum atomic E-state index is 8.41. The average molecular weight is 167 g/mol. The fourth-order valence-corrected chi connectivity index (χ4v) is 0.618. The Morgan fingerprint density at radius 1 is 1.42 bits per heavy atom. The Hall–Kier alpha value is -0.780. The fraction of sp³-hybridized carbons (Fsp3) is 0.600. The maximum Gasteiger partial charge on any atom is 0.0578 e. The Balaban J connectivity index is 3.23. The van der Waals surface area contributed by atoms with Gasteiger partial charge in [-0.25, -0.2) is 0 Å². The number of aliphatic hydroxyl groups is 1. The number of hydrogen-bond donors (Lipinski definition) is 2. The van der Waals surface area contributed by atoms with E-state index >= 15 is 0 Å². The Bertz CT molecular complexity index is 182. The smallest absolute Gasteiger partial charge is 0.0578 e. The van der Waals surface area contributed by atoms with Gasteiger partial charge in [-0.05, 0) is 13.8 Å². The zero-order valence-corrected chi connectivity index (χ0v) is 7.85. The van der Waals surface area contributed by atoms with Gasteiger partial charge in [0.1, 0.15) is 0 Å². The van der Waals surface area contributed by atoms with E-state index in [1.165, 1.54) is 5.57 Å². The number of rotatable bonds is 4. The van der Waals surface area contributed by atoms with Crippen molar-refractivity contribution < 1.29 is 5.11 Å². The van der Waals surface area contributed by atoms with E-state index in [2.05, 4.69) is 37.1 Å². The first-order valence-corrected chi connectivity index (χ1v) is 4.18. The molecule has 0 saturated carbocycles. The van der Waals surface area contributed by atoms with E-state index < -0.39 is 0 Å². The highest BCUT2D eigenvalue weighted by Crippen LogP contribution is 1.84. The first kappa shape index (κ1) is 11.2. The normalized spacial score (nSPS) is 8.58. The predicted molar refractivity (Wildman–Crippen MR) is 51.8 cm³/mol. The van der Waals surface area contributed by atoms with Crippen molar-refractivity contribution in [2.75, 3.05) is 19.7 Å². The van der Waals surface area contributed by atoms with E-state index in [-0.39, 0.29) is 6.61 Å². The molecule has 0 heterocycles. The van der Waals surface area contributed by atoms with Crippen LogP contribution in [0.3, 0.4) is 0 Å². The van der Waals surface area contributed by atoms with E-state index in [4.69, 9.17) is 5.11 Å². The van der Waals surface area contributed by atoms with E-state index in [1.54, 1.807) is 0 Å². The molecule has 0 aliphatic rings. The van der Waals surface area contributed by atoms with Crippen LogP contribution in [0.15, 0.2) is 11.6 Å². The van der Waals surface area contributed by atoms with Crippen molar-refractivity contribution in [3.63, 3.8) is 0 Å². The lowest BCUT2D eigenvalue weighted by atomic mass is 10.3. The summed E-state index contributed by atoms with van der Waals surface area (Å²) in [6.07, 6.45) is 2.69. The molecule has 0 aromatic carbocycles. The highest BCUT2D eigenvalue weighted by Gasteiger charge is 1.78. The molecule has 12 heavy (non-hydrogen) atoms. The predicted octanol–water partition coefficient (Wildman–Crippen LogP) is 0.928. The number of allylic oxidation sites excluding steroid dienone is 1. The van der Waals surface area contributed by atoms with Crippen LogP contribution in [0.1, 0.15) is 20.3 Å². The molecule has 68 valence electrons. The molecule has 0 aromatic heterocycles. The van der Waals surface area contributed by atoms with Gasteiger partial charge in [0, 0.05) is 13.0 Å². The third-order valence-electron chi connectivity index (χ3n) is 1.23. The van der Waals surface area contributed by atoms with Crippen LogP contribution < -0.4 is 5.32 Å². The van der Waals surface area contributed by atoms with Gasteiger partial charge in [0.15, 0.2) is 0 Å². The van der Waals surface area contributed by atoms with E-state index in [0.29, 0.717) is 13.0 Å². The van der Waals surface area contributed by atoms with Gasteiger partial charge < -0.3 is 10.4 Å². The van der Waals surface area contributed by atoms with Crippen LogP contribution in [0, 0.1) is 11.8 Å². The Kier molecular flexibility index (Phi) is 7.78. The molecule has 0 spiro atoms. The minimum Gasteiger partial charge on any atom is -0.395 e. The minimum atomic E-state index is 0.154. The van der Waals surface area contributed by atoms with Crippen LogP contribution in [0.5, 0.6) is 0 Å². The van der Waals surface area contributed by atoms with Crippen LogP contribution in [0.2, 0.25) is 0 Å². The van der Waals surface area contributed by atoms with Crippen molar-refractivity contribution in [1.29, 1.82) is 0 Å². The molecule has 0 fully saturated rings. The van der Waals surface area contributed by atoms with Gasteiger partial charge in [-0.3, -0.25) is 0 Å². The third kappa shape index (κ3) is 9.22. The minimum absolute atomic E-state index is 0.154. The quantitative estimate of drug-likeness (QED) is 0.371. The molecule has 0 unspecified atom stereocenters. The third-order valence-corrected chi connectivity index (χ3v) is 1.23. The average Bonchev–Trinajstić information content (AvgIpc) is 2.02. The van der Waals surface area contributed by atoms with Gasteiger partial charge in [-0.15, -0.1) is 0 Å². The van der Waals surface area contributed by atoms with Crippen molar-refractivity contribution in [3.05, 3.63) is 11.6 Å². The molecule has 0 amide bonds. The zero-order chi connectivity index (χ0) is 9.23. The van der Waals surface area contributed by atoms with Crippen LogP contribution in [-0.4, -0.2) is 24.8 Å². The summed E-state index contributed by atoms with van der Waals surface area (Å²) in [4.78, 5) is 0. The summed E-state index contributed by atoms with van der Waals surface area (Å²) < 4.78 is 0. The molecule has 0 radical (unpaired) electrons. The number of aliphatic hydroxyl groups excluding tert-OH is 1. The Morgan fingerprint density at radius 3 is 2.75 bits per heavy atom. The van der Waals surface area contributed by atoms with E-state index in [1.807, 2.05) is 0 Å². The second kappa shape index (κ2) is 8.32. The summed E-state index contributed by atoms with van der Waals surface area (Å²) in [5.74, 6) is 5.75. The van der Waals surface area contributed by atoms with Gasteiger partial charge in [0.2, 0.25) is 0 Å². The molecular weight excluding hydrogens is 150 g/mol. The van der Waals surface area contributed by atoms with Crippen LogP contribution >= 0.6 is 0 Å². The van der Waals surface area contributed by atoms with Crippen LogP contribution in [-0.2, 0) is 0 Å². The van der Waals surface area contributed by atoms with E-state index in [0.717, 1.165) is 6.54 Å². The first-order valence-electron chi connectivity index (χ1n) is 4.18. The Morgan fingerprint density at radius 2 is 2.17 bits per heavy atom. The van der Waals surface area contributed by atoms with Crippen LogP contribution in [0.25, 0.3) is 0 Å². The number of nitrogens with one attached hydrogen (secondary N) is 1. The summed E-state index contributed by atoms with van der Waals surface area (Å²) in [7, 11) is 0. The van der Waals surface area contributed by atoms with Gasteiger partial charge in [0.05, 0.1) is 13.2 Å². The molecule has 0 atom stereocenters. The monoisotopic (exact) mass is 167 g/mol. The summed E-state index contributed by atoms with van der Waals surface area (Å²) in [5.41, 5.74) is 1.31. The lowest BCUT2D eigenvalue weighted by molar-refractivity contribution is 0.305. The number of hydrogen-bond acceptors (Lipinski definition) is 2. The second-order valence-electron chi connectivity index (χ2n) is 2.74. The topological polar surface area (TPSA) is 32.3 Å². The fourth-order valence-electron chi connectivity index (χ4n) is 0.618. The van der Waals surface area contributed by atoms with Crippen molar-refractivity contribution in [2.45, 2.75) is 20.3 Å². The molecule has 2 nitrogen and oxygen atoms in total. The zero-order valence-electron chi connectivity index (χ0n) is 7.85. The SMILES string of the molecule is CC(C)=CCNCC#CCCO. The van der Waals surface area contributed by atoms with Crippen molar-refractivity contribution in [3.8, 4) is 11.8 Å². The van der Waals surface area contributed by atoms with Crippen molar-refractivity contribution in [2.24, 2.45) is 0 Å². The summed E-state index contributed by atoms with van der Waals surface area (Å²) in [6.45, 7) is 5.86. The Labute approximate surface area is 74.7 Å². The lowest BCUT2D eigenvalue weighted by Gasteiger charge is -1.93. The van der Waals surface area contributed by atoms with E-state index in [9.17, 15) is 0 Å². The van der Waals surface area contributed by atoms with Crippen molar-refractivity contribution in [1.82, 2.24) is 5.32 Å². The maximum absolute atomic E-state index is 8.41. The van der Waals surface area contributed by atoms with Crippen molar-refractivity contribution >= 4 is 0 Å². The summed E-state index contributed by atoms with van der Waals surface area (Å²) in [6, 6.07) is 0. The molecule has 0 rings (SSSR count). The molecule has 0 aromatic rings. The molecule has 2 N–H and O–H groups in total. The van der Waals surface area contributed by atoms with Gasteiger partial charge in [-0.1, -0.05) is 23.5 Å². The van der Waals surface area contributed by atoms with Crippen LogP contribution in [0.4, 0.5) is 0 Å². The summed E-state index contributed by atoms with van der Waals surface area (Å²) >= 11 is 0. The molecule has 0 aliphatic carbocycles. The molecule has 0 saturated heterocycles. The molecule has 0 aliphatic heterocycles. The standard InChI is InChI=1S/C10H17NO/c1-10(2)6-8-11-7-4-3-5-9-12/h6,11-12H,5,7-9H2,1-2H3. The van der Waals surface area contributed by atoms with Gasteiger partial charge in [0.25, 0.3) is 0 Å².